The second kappa shape index (κ2) is 8.24. The van der Waals surface area contributed by atoms with Crippen molar-refractivity contribution in [2.75, 3.05) is 7.11 Å². The van der Waals surface area contributed by atoms with Crippen LogP contribution in [0.4, 0.5) is 4.39 Å². The molecule has 1 aliphatic heterocycles. The summed E-state index contributed by atoms with van der Waals surface area (Å²) in [6, 6.07) is 13.8. The van der Waals surface area contributed by atoms with Crippen LogP contribution in [-0.4, -0.2) is 18.9 Å². The molecule has 31 heavy (non-hydrogen) atoms. The normalized spacial score (nSPS) is 13.7. The standard InChI is InChI=1S/C24H16ClFO5/c1-13-20(31-24(28)14-5-3-6-15(11-14)29-2)10-9-16-22(27)21(30-23(13)16)12-17-18(25)7-4-8-19(17)26/h3-12H,1-2H3/b21-12-. The molecule has 0 N–H and O–H groups in total. The van der Waals surface area contributed by atoms with Crippen molar-refractivity contribution in [1.82, 2.24) is 0 Å². The summed E-state index contributed by atoms with van der Waals surface area (Å²) < 4.78 is 30.4. The number of esters is 1. The average molecular weight is 439 g/mol. The van der Waals surface area contributed by atoms with Crippen LogP contribution < -0.4 is 14.2 Å². The Morgan fingerprint density at radius 1 is 1.13 bits per heavy atom. The number of rotatable bonds is 4. The molecule has 0 fully saturated rings. The van der Waals surface area contributed by atoms with E-state index in [2.05, 4.69) is 0 Å². The zero-order valence-corrected chi connectivity index (χ0v) is 17.3. The number of benzene rings is 3. The smallest absolute Gasteiger partial charge is 0.343 e. The summed E-state index contributed by atoms with van der Waals surface area (Å²) in [7, 11) is 1.50. The van der Waals surface area contributed by atoms with Crippen molar-refractivity contribution in [2.24, 2.45) is 0 Å². The maximum atomic E-state index is 14.1. The largest absolute Gasteiger partial charge is 0.497 e. The van der Waals surface area contributed by atoms with E-state index in [0.29, 0.717) is 16.9 Å². The highest BCUT2D eigenvalue weighted by atomic mass is 35.5. The first-order chi connectivity index (χ1) is 14.9. The van der Waals surface area contributed by atoms with Gasteiger partial charge in [-0.05, 0) is 55.5 Å². The van der Waals surface area contributed by atoms with Crippen LogP contribution in [0.5, 0.6) is 17.2 Å². The lowest BCUT2D eigenvalue weighted by Gasteiger charge is -2.10. The van der Waals surface area contributed by atoms with Crippen molar-refractivity contribution in [3.8, 4) is 17.2 Å². The fourth-order valence-electron chi connectivity index (χ4n) is 3.17. The first-order valence-corrected chi connectivity index (χ1v) is 9.65. The number of carbonyl (C=O) groups excluding carboxylic acids is 2. The van der Waals surface area contributed by atoms with Gasteiger partial charge in [0.05, 0.1) is 23.3 Å². The summed E-state index contributed by atoms with van der Waals surface area (Å²) in [5, 5.41) is 0.157. The molecule has 0 bridgehead atoms. The van der Waals surface area contributed by atoms with Gasteiger partial charge in [-0.1, -0.05) is 23.7 Å². The molecule has 5 nitrogen and oxygen atoms in total. The molecule has 0 atom stereocenters. The Morgan fingerprint density at radius 3 is 2.65 bits per heavy atom. The van der Waals surface area contributed by atoms with Crippen molar-refractivity contribution in [1.29, 1.82) is 0 Å². The number of hydrogen-bond donors (Lipinski definition) is 0. The van der Waals surface area contributed by atoms with Crippen molar-refractivity contribution in [2.45, 2.75) is 6.92 Å². The third-order valence-electron chi connectivity index (χ3n) is 4.82. The number of allylic oxidation sites excluding steroid dienone is 1. The predicted molar refractivity (Wildman–Crippen MR) is 113 cm³/mol. The number of fused-ring (bicyclic) bond motifs is 1. The fraction of sp³-hybridized carbons (Fsp3) is 0.0833. The average Bonchev–Trinajstić information content (AvgIpc) is 3.09. The molecule has 4 rings (SSSR count). The van der Waals surface area contributed by atoms with Crippen molar-refractivity contribution >= 4 is 29.4 Å². The van der Waals surface area contributed by atoms with Crippen LogP contribution in [0.3, 0.4) is 0 Å². The molecule has 0 radical (unpaired) electrons. The van der Waals surface area contributed by atoms with Gasteiger partial charge in [0.2, 0.25) is 5.78 Å². The van der Waals surface area contributed by atoms with Gasteiger partial charge in [-0.2, -0.15) is 0 Å². The minimum absolute atomic E-state index is 0.0580. The molecular weight excluding hydrogens is 423 g/mol. The number of hydrogen-bond acceptors (Lipinski definition) is 5. The monoisotopic (exact) mass is 438 g/mol. The molecule has 1 aliphatic rings. The number of carbonyl (C=O) groups is 2. The third-order valence-corrected chi connectivity index (χ3v) is 5.15. The van der Waals surface area contributed by atoms with Gasteiger partial charge < -0.3 is 14.2 Å². The minimum Gasteiger partial charge on any atom is -0.497 e. The minimum atomic E-state index is -0.583. The van der Waals surface area contributed by atoms with Gasteiger partial charge in [-0.3, -0.25) is 4.79 Å². The topological polar surface area (TPSA) is 61.8 Å². The van der Waals surface area contributed by atoms with Crippen molar-refractivity contribution in [3.05, 3.63) is 93.5 Å². The Kier molecular flexibility index (Phi) is 5.48. The van der Waals surface area contributed by atoms with Crippen LogP contribution in [0.2, 0.25) is 5.02 Å². The Balaban J connectivity index is 1.63. The molecule has 0 aromatic heterocycles. The lowest BCUT2D eigenvalue weighted by molar-refractivity contribution is 0.0732. The highest BCUT2D eigenvalue weighted by molar-refractivity contribution is 6.32. The molecule has 156 valence electrons. The molecule has 0 amide bonds. The Labute approximate surface area is 182 Å². The van der Waals surface area contributed by atoms with Crippen LogP contribution >= 0.6 is 11.6 Å². The molecule has 0 aliphatic carbocycles. The molecular formula is C24H16ClFO5. The van der Waals surface area contributed by atoms with E-state index in [-0.39, 0.29) is 33.4 Å². The number of ether oxygens (including phenoxy) is 3. The molecule has 1 heterocycles. The first-order valence-electron chi connectivity index (χ1n) is 9.27. The van der Waals surface area contributed by atoms with Gasteiger partial charge in [0.15, 0.2) is 5.76 Å². The van der Waals surface area contributed by atoms with Gasteiger partial charge in [0.25, 0.3) is 0 Å². The first kappa shape index (κ1) is 20.6. The van der Waals surface area contributed by atoms with Crippen molar-refractivity contribution in [3.63, 3.8) is 0 Å². The van der Waals surface area contributed by atoms with Crippen LogP contribution in [-0.2, 0) is 0 Å². The van der Waals surface area contributed by atoms with E-state index in [1.54, 1.807) is 31.2 Å². The summed E-state index contributed by atoms with van der Waals surface area (Å²) in [6.45, 7) is 1.67. The van der Waals surface area contributed by atoms with Crippen LogP contribution in [0, 0.1) is 12.7 Å². The fourth-order valence-corrected chi connectivity index (χ4v) is 3.38. The Bertz CT molecular complexity index is 1230. The van der Waals surface area contributed by atoms with Gasteiger partial charge in [-0.25, -0.2) is 9.18 Å². The molecule has 0 unspecified atom stereocenters. The number of Topliss-reactive ketones (excluding diaryl/α,β-unsaturated/α-hetero) is 1. The zero-order valence-electron chi connectivity index (χ0n) is 16.6. The highest BCUT2D eigenvalue weighted by Crippen LogP contribution is 2.40. The van der Waals surface area contributed by atoms with E-state index >= 15 is 0 Å². The van der Waals surface area contributed by atoms with Gasteiger partial charge in [0.1, 0.15) is 23.1 Å². The Hall–Kier alpha value is -3.64. The van der Waals surface area contributed by atoms with Crippen LogP contribution in [0.1, 0.15) is 31.8 Å². The van der Waals surface area contributed by atoms with E-state index in [0.717, 1.165) is 0 Å². The maximum absolute atomic E-state index is 14.1. The second-order valence-corrected chi connectivity index (χ2v) is 7.17. The van der Waals surface area contributed by atoms with Crippen LogP contribution in [0.25, 0.3) is 6.08 Å². The summed E-state index contributed by atoms with van der Waals surface area (Å²) in [5.41, 5.74) is 1.12. The molecule has 0 spiro atoms. The summed E-state index contributed by atoms with van der Waals surface area (Å²) in [5.74, 6) is -0.624. The molecule has 0 saturated heterocycles. The quantitative estimate of drug-likeness (QED) is 0.300. The molecule has 3 aromatic rings. The van der Waals surface area contributed by atoms with Crippen LogP contribution in [0.15, 0.2) is 60.4 Å². The maximum Gasteiger partial charge on any atom is 0.343 e. The summed E-state index contributed by atoms with van der Waals surface area (Å²) in [6.07, 6.45) is 1.27. The highest BCUT2D eigenvalue weighted by Gasteiger charge is 2.31. The van der Waals surface area contributed by atoms with E-state index in [1.807, 2.05) is 0 Å². The summed E-state index contributed by atoms with van der Waals surface area (Å²) >= 11 is 6.04. The lowest BCUT2D eigenvalue weighted by atomic mass is 10.1. The summed E-state index contributed by atoms with van der Waals surface area (Å²) in [4.78, 5) is 25.2. The van der Waals surface area contributed by atoms with E-state index in [4.69, 9.17) is 25.8 Å². The lowest BCUT2D eigenvalue weighted by Crippen LogP contribution is -2.09. The molecule has 7 heteroatoms. The molecule has 0 saturated carbocycles. The second-order valence-electron chi connectivity index (χ2n) is 6.76. The van der Waals surface area contributed by atoms with Gasteiger partial charge >= 0.3 is 5.97 Å². The van der Waals surface area contributed by atoms with E-state index in [1.165, 1.54) is 43.5 Å². The zero-order chi connectivity index (χ0) is 22.1. The molecule has 3 aromatic carbocycles. The number of ketones is 1. The third kappa shape index (κ3) is 3.90. The SMILES string of the molecule is COc1cccc(C(=O)Oc2ccc3c(c2C)O/C(=C\c2c(F)cccc2Cl)C3=O)c1. The van der Waals surface area contributed by atoms with Crippen molar-refractivity contribution < 1.29 is 28.2 Å². The predicted octanol–water partition coefficient (Wildman–Crippen LogP) is 5.63. The van der Waals surface area contributed by atoms with Gasteiger partial charge in [0, 0.05) is 11.1 Å². The Morgan fingerprint density at radius 2 is 1.90 bits per heavy atom. The van der Waals surface area contributed by atoms with E-state index in [9.17, 15) is 14.0 Å². The number of methoxy groups -OCH3 is 1. The number of halogens is 2. The van der Waals surface area contributed by atoms with E-state index < -0.39 is 17.6 Å². The van der Waals surface area contributed by atoms with Gasteiger partial charge in [-0.15, -0.1) is 0 Å².